The summed E-state index contributed by atoms with van der Waals surface area (Å²) >= 11 is 0. The number of nitrogens with two attached hydrogens (primary N) is 1. The molecule has 0 heterocycles. The normalized spacial score (nSPS) is 18.9. The molecule has 20 heavy (non-hydrogen) atoms. The second-order valence-electron chi connectivity index (χ2n) is 4.80. The summed E-state index contributed by atoms with van der Waals surface area (Å²) in [6, 6.07) is -0.584. The molecule has 0 unspecified atom stereocenters. The molecule has 0 radical (unpaired) electrons. The van der Waals surface area contributed by atoms with Gasteiger partial charge < -0.3 is 20.9 Å². The first-order chi connectivity index (χ1) is 9.38. The summed E-state index contributed by atoms with van der Waals surface area (Å²) in [5.41, 5.74) is 6.59. The average molecular weight is 282 g/mol. The van der Waals surface area contributed by atoms with Gasteiger partial charge in [-0.2, -0.15) is 0 Å². The maximum absolute atomic E-state index is 11.2. The summed E-state index contributed by atoms with van der Waals surface area (Å²) in [5, 5.41) is 11.7. The lowest BCUT2D eigenvalue weighted by Crippen LogP contribution is -2.38. The Balaban J connectivity index is 3.14. The molecule has 1 amide bonds. The topological polar surface area (TPSA) is 102 Å². The SMILES string of the molecule is CCC(CC)OC1=C(NC(C)=O)[C@@H](N)CC(C(=O)O)=C1. The van der Waals surface area contributed by atoms with E-state index in [0.29, 0.717) is 11.5 Å². The molecule has 6 heteroatoms. The number of carboxylic acid groups (broad SMARTS) is 1. The monoisotopic (exact) mass is 282 g/mol. The lowest BCUT2D eigenvalue weighted by Gasteiger charge is -2.27. The number of allylic oxidation sites excluding steroid dienone is 1. The van der Waals surface area contributed by atoms with E-state index in [2.05, 4.69) is 5.32 Å². The molecule has 1 aliphatic carbocycles. The molecule has 0 fully saturated rings. The van der Waals surface area contributed by atoms with Crippen LogP contribution in [0.5, 0.6) is 0 Å². The maximum atomic E-state index is 11.2. The molecule has 112 valence electrons. The van der Waals surface area contributed by atoms with E-state index < -0.39 is 12.0 Å². The van der Waals surface area contributed by atoms with Gasteiger partial charge in [-0.1, -0.05) is 13.8 Å². The number of carbonyl (C=O) groups excluding carboxylic acids is 1. The van der Waals surface area contributed by atoms with E-state index in [4.69, 9.17) is 15.6 Å². The van der Waals surface area contributed by atoms with E-state index >= 15 is 0 Å². The van der Waals surface area contributed by atoms with Crippen molar-refractivity contribution in [2.75, 3.05) is 0 Å². The predicted octanol–water partition coefficient (Wildman–Crippen LogP) is 1.28. The molecule has 1 aliphatic rings. The Labute approximate surface area is 118 Å². The molecule has 0 bridgehead atoms. The Hall–Kier alpha value is -1.82. The van der Waals surface area contributed by atoms with Crippen LogP contribution in [0, 0.1) is 0 Å². The molecular formula is C14H22N2O4. The zero-order valence-corrected chi connectivity index (χ0v) is 12.1. The van der Waals surface area contributed by atoms with Crippen molar-refractivity contribution in [3.05, 3.63) is 23.1 Å². The van der Waals surface area contributed by atoms with Crippen molar-refractivity contribution in [1.29, 1.82) is 0 Å². The third-order valence-corrected chi connectivity index (χ3v) is 3.17. The van der Waals surface area contributed by atoms with Gasteiger partial charge in [0.05, 0.1) is 17.8 Å². The maximum Gasteiger partial charge on any atom is 0.331 e. The van der Waals surface area contributed by atoms with E-state index in [1.54, 1.807) is 0 Å². The largest absolute Gasteiger partial charge is 0.489 e. The van der Waals surface area contributed by atoms with Gasteiger partial charge in [0.25, 0.3) is 0 Å². The predicted molar refractivity (Wildman–Crippen MR) is 74.6 cm³/mol. The number of rotatable bonds is 6. The minimum absolute atomic E-state index is 0.0367. The Kier molecular flexibility index (Phi) is 5.76. The van der Waals surface area contributed by atoms with Crippen molar-refractivity contribution in [3.8, 4) is 0 Å². The van der Waals surface area contributed by atoms with Gasteiger partial charge in [-0.3, -0.25) is 4.79 Å². The van der Waals surface area contributed by atoms with Crippen molar-refractivity contribution in [3.63, 3.8) is 0 Å². The molecule has 4 N–H and O–H groups in total. The first kappa shape index (κ1) is 16.2. The van der Waals surface area contributed by atoms with Crippen LogP contribution in [-0.4, -0.2) is 29.1 Å². The molecule has 0 saturated carbocycles. The summed E-state index contributed by atoms with van der Waals surface area (Å²) in [4.78, 5) is 22.4. The third kappa shape index (κ3) is 4.09. The third-order valence-electron chi connectivity index (χ3n) is 3.17. The Morgan fingerprint density at radius 1 is 1.50 bits per heavy atom. The fourth-order valence-corrected chi connectivity index (χ4v) is 2.04. The van der Waals surface area contributed by atoms with Crippen LogP contribution in [0.4, 0.5) is 0 Å². The lowest BCUT2D eigenvalue weighted by molar-refractivity contribution is -0.132. The first-order valence-electron chi connectivity index (χ1n) is 6.76. The number of amides is 1. The van der Waals surface area contributed by atoms with Crippen LogP contribution >= 0.6 is 0 Å². The first-order valence-corrected chi connectivity index (χ1v) is 6.76. The molecule has 6 nitrogen and oxygen atoms in total. The van der Waals surface area contributed by atoms with Gasteiger partial charge >= 0.3 is 5.97 Å². The van der Waals surface area contributed by atoms with E-state index in [1.807, 2.05) is 13.8 Å². The summed E-state index contributed by atoms with van der Waals surface area (Å²) < 4.78 is 5.80. The fourth-order valence-electron chi connectivity index (χ4n) is 2.04. The van der Waals surface area contributed by atoms with Crippen molar-refractivity contribution >= 4 is 11.9 Å². The highest BCUT2D eigenvalue weighted by Gasteiger charge is 2.27. The quantitative estimate of drug-likeness (QED) is 0.681. The standard InChI is InChI=1S/C14H22N2O4/c1-4-10(5-2)20-12-7-9(14(18)19)6-11(15)13(12)16-8(3)17/h7,10-11H,4-6,15H2,1-3H3,(H,16,17)(H,18,19)/t11-/m0/s1. The summed E-state index contributed by atoms with van der Waals surface area (Å²) in [6.07, 6.45) is 3.17. The minimum atomic E-state index is -1.02. The number of aliphatic carboxylic acids is 1. The molecule has 1 rings (SSSR count). The number of carboxylic acids is 1. The van der Waals surface area contributed by atoms with E-state index in [9.17, 15) is 9.59 Å². The van der Waals surface area contributed by atoms with Crippen LogP contribution in [0.2, 0.25) is 0 Å². The summed E-state index contributed by atoms with van der Waals surface area (Å²) in [5.74, 6) is -0.925. The van der Waals surface area contributed by atoms with Crippen molar-refractivity contribution < 1.29 is 19.4 Å². The number of nitrogens with one attached hydrogen (secondary N) is 1. The van der Waals surface area contributed by atoms with E-state index in [0.717, 1.165) is 12.8 Å². The smallest absolute Gasteiger partial charge is 0.331 e. The Bertz CT molecular complexity index is 450. The molecular weight excluding hydrogens is 260 g/mol. The van der Waals surface area contributed by atoms with Crippen LogP contribution in [0.15, 0.2) is 23.1 Å². The molecule has 0 spiro atoms. The average Bonchev–Trinajstić information content (AvgIpc) is 2.38. The zero-order valence-electron chi connectivity index (χ0n) is 12.1. The van der Waals surface area contributed by atoms with Gasteiger partial charge in [0.2, 0.25) is 5.91 Å². The lowest BCUT2D eigenvalue weighted by atomic mass is 9.96. The fraction of sp³-hybridized carbons (Fsp3) is 0.571. The van der Waals surface area contributed by atoms with Crippen LogP contribution in [0.1, 0.15) is 40.0 Å². The highest BCUT2D eigenvalue weighted by Crippen LogP contribution is 2.25. The number of hydrogen-bond acceptors (Lipinski definition) is 4. The van der Waals surface area contributed by atoms with E-state index in [1.165, 1.54) is 13.0 Å². The Morgan fingerprint density at radius 3 is 2.55 bits per heavy atom. The van der Waals surface area contributed by atoms with Crippen LogP contribution < -0.4 is 11.1 Å². The molecule has 0 aromatic rings. The van der Waals surface area contributed by atoms with Gasteiger partial charge in [-0.05, 0) is 18.9 Å². The highest BCUT2D eigenvalue weighted by molar-refractivity contribution is 5.88. The number of ether oxygens (including phenoxy) is 1. The second-order valence-corrected chi connectivity index (χ2v) is 4.80. The molecule has 0 aromatic carbocycles. The zero-order chi connectivity index (χ0) is 15.3. The Morgan fingerprint density at radius 2 is 2.10 bits per heavy atom. The van der Waals surface area contributed by atoms with Crippen LogP contribution in [0.3, 0.4) is 0 Å². The minimum Gasteiger partial charge on any atom is -0.489 e. The molecule has 0 aliphatic heterocycles. The summed E-state index contributed by atoms with van der Waals surface area (Å²) in [6.45, 7) is 5.35. The number of carbonyl (C=O) groups is 2. The van der Waals surface area contributed by atoms with Gasteiger partial charge in [0, 0.05) is 18.9 Å². The molecule has 1 atom stereocenters. The van der Waals surface area contributed by atoms with Crippen molar-refractivity contribution in [1.82, 2.24) is 5.32 Å². The van der Waals surface area contributed by atoms with Crippen LogP contribution in [-0.2, 0) is 14.3 Å². The van der Waals surface area contributed by atoms with Gasteiger partial charge in [-0.15, -0.1) is 0 Å². The van der Waals surface area contributed by atoms with Gasteiger partial charge in [-0.25, -0.2) is 4.79 Å². The van der Waals surface area contributed by atoms with E-state index in [-0.39, 0.29) is 24.0 Å². The van der Waals surface area contributed by atoms with Crippen molar-refractivity contribution in [2.24, 2.45) is 5.73 Å². The molecule has 0 aromatic heterocycles. The summed E-state index contributed by atoms with van der Waals surface area (Å²) in [7, 11) is 0. The highest BCUT2D eigenvalue weighted by atomic mass is 16.5. The molecule has 0 saturated heterocycles. The van der Waals surface area contributed by atoms with Crippen LogP contribution in [0.25, 0.3) is 0 Å². The van der Waals surface area contributed by atoms with Gasteiger partial charge in [0.15, 0.2) is 0 Å². The second kappa shape index (κ2) is 7.09. The van der Waals surface area contributed by atoms with Crippen molar-refractivity contribution in [2.45, 2.75) is 52.2 Å². The number of hydrogen-bond donors (Lipinski definition) is 3. The van der Waals surface area contributed by atoms with Gasteiger partial charge in [0.1, 0.15) is 5.76 Å².